The summed E-state index contributed by atoms with van der Waals surface area (Å²) in [5.41, 5.74) is -0.516. The Morgan fingerprint density at radius 2 is 1.67 bits per heavy atom. The second-order valence-electron chi connectivity index (χ2n) is 2.64. The maximum atomic E-state index is 12.1. The van der Waals surface area contributed by atoms with Gasteiger partial charge in [0.05, 0.1) is 5.57 Å². The van der Waals surface area contributed by atoms with Crippen molar-refractivity contribution in [1.82, 2.24) is 0 Å². The fourth-order valence-electron chi connectivity index (χ4n) is 1.26. The number of fused-ring (bicyclic) bond motifs is 1. The monoisotopic (exact) mass is 170 g/mol. The predicted molar refractivity (Wildman–Crippen MR) is 39.6 cm³/mol. The van der Waals surface area contributed by atoms with Crippen molar-refractivity contribution in [2.24, 2.45) is 0 Å². The lowest BCUT2D eigenvalue weighted by Crippen LogP contribution is -2.38. The summed E-state index contributed by atoms with van der Waals surface area (Å²) in [6.07, 6.45) is -3.04. The molecule has 0 spiro atoms. The molecule has 0 heterocycles. The van der Waals surface area contributed by atoms with E-state index in [9.17, 15) is 13.2 Å². The summed E-state index contributed by atoms with van der Waals surface area (Å²) in [5, 5.41) is 0.981. The SMILES string of the molecule is FC(F)(F)C1=c2ccccc2=C1. The van der Waals surface area contributed by atoms with Gasteiger partial charge in [-0.25, -0.2) is 0 Å². The van der Waals surface area contributed by atoms with Crippen LogP contribution in [0.1, 0.15) is 0 Å². The fourth-order valence-corrected chi connectivity index (χ4v) is 1.26. The quantitative estimate of drug-likeness (QED) is 0.548. The lowest BCUT2D eigenvalue weighted by Gasteiger charge is -2.13. The molecule has 0 amide bonds. The van der Waals surface area contributed by atoms with E-state index in [1.54, 1.807) is 18.2 Å². The minimum atomic E-state index is -4.20. The highest BCUT2D eigenvalue weighted by molar-refractivity contribution is 5.85. The third-order valence-electron chi connectivity index (χ3n) is 1.86. The van der Waals surface area contributed by atoms with Gasteiger partial charge < -0.3 is 0 Å². The molecule has 12 heavy (non-hydrogen) atoms. The van der Waals surface area contributed by atoms with Crippen LogP contribution in [0.3, 0.4) is 0 Å². The Hall–Kier alpha value is -1.25. The number of hydrogen-bond acceptors (Lipinski definition) is 0. The van der Waals surface area contributed by atoms with Crippen molar-refractivity contribution < 1.29 is 13.2 Å². The molecule has 0 fully saturated rings. The summed E-state index contributed by atoms with van der Waals surface area (Å²) in [4.78, 5) is 0. The molecule has 0 aliphatic heterocycles. The van der Waals surface area contributed by atoms with Gasteiger partial charge >= 0.3 is 6.18 Å². The van der Waals surface area contributed by atoms with Crippen LogP contribution in [0, 0.1) is 0 Å². The Bertz CT molecular complexity index is 426. The van der Waals surface area contributed by atoms with Crippen LogP contribution in [0.2, 0.25) is 0 Å². The summed E-state index contributed by atoms with van der Waals surface area (Å²) >= 11 is 0. The van der Waals surface area contributed by atoms with E-state index in [4.69, 9.17) is 0 Å². The molecule has 1 aromatic carbocycles. The molecule has 0 N–H and O–H groups in total. The first-order valence-corrected chi connectivity index (χ1v) is 3.47. The molecule has 1 aromatic rings. The summed E-state index contributed by atoms with van der Waals surface area (Å²) in [7, 11) is 0. The van der Waals surface area contributed by atoms with Gasteiger partial charge in [0.15, 0.2) is 0 Å². The maximum Gasteiger partial charge on any atom is 0.417 e. The van der Waals surface area contributed by atoms with Crippen LogP contribution in [-0.4, -0.2) is 6.18 Å². The number of alkyl halides is 3. The van der Waals surface area contributed by atoms with Gasteiger partial charge in [-0.15, -0.1) is 0 Å². The van der Waals surface area contributed by atoms with Crippen LogP contribution in [0.25, 0.3) is 11.6 Å². The number of rotatable bonds is 0. The Morgan fingerprint density at radius 3 is 2.25 bits per heavy atom. The van der Waals surface area contributed by atoms with Crippen LogP contribution in [0.4, 0.5) is 13.2 Å². The third-order valence-corrected chi connectivity index (χ3v) is 1.86. The van der Waals surface area contributed by atoms with Gasteiger partial charge in [-0.3, -0.25) is 0 Å². The molecule has 0 saturated heterocycles. The summed E-state index contributed by atoms with van der Waals surface area (Å²) in [6, 6.07) is 6.49. The highest BCUT2D eigenvalue weighted by atomic mass is 19.4. The Kier molecular flexibility index (Phi) is 1.31. The van der Waals surface area contributed by atoms with E-state index in [0.29, 0.717) is 10.4 Å². The fraction of sp³-hybridized carbons (Fsp3) is 0.111. The minimum absolute atomic E-state index is 0.310. The minimum Gasteiger partial charge on any atom is -0.166 e. The number of halogens is 3. The first-order chi connectivity index (χ1) is 5.59. The molecule has 0 saturated carbocycles. The second kappa shape index (κ2) is 2.12. The average molecular weight is 170 g/mol. The molecule has 2 rings (SSSR count). The van der Waals surface area contributed by atoms with Gasteiger partial charge in [0.2, 0.25) is 0 Å². The number of hydrogen-bond donors (Lipinski definition) is 0. The molecule has 0 nitrogen and oxygen atoms in total. The Labute approximate surface area is 66.6 Å². The highest BCUT2D eigenvalue weighted by Crippen LogP contribution is 2.27. The third kappa shape index (κ3) is 0.932. The highest BCUT2D eigenvalue weighted by Gasteiger charge is 2.34. The van der Waals surface area contributed by atoms with Crippen LogP contribution < -0.4 is 10.4 Å². The van der Waals surface area contributed by atoms with Gasteiger partial charge in [-0.05, 0) is 16.5 Å². The predicted octanol–water partition coefficient (Wildman–Crippen LogP) is 1.19. The Balaban J connectivity index is 2.65. The smallest absolute Gasteiger partial charge is 0.166 e. The van der Waals surface area contributed by atoms with Crippen molar-refractivity contribution in [3.05, 3.63) is 34.7 Å². The zero-order valence-corrected chi connectivity index (χ0v) is 6.02. The van der Waals surface area contributed by atoms with Crippen LogP contribution in [0.15, 0.2) is 24.3 Å². The lowest BCUT2D eigenvalue weighted by atomic mass is 10.0. The van der Waals surface area contributed by atoms with Gasteiger partial charge in [0.25, 0.3) is 0 Å². The van der Waals surface area contributed by atoms with Gasteiger partial charge in [0.1, 0.15) is 0 Å². The lowest BCUT2D eigenvalue weighted by molar-refractivity contribution is -0.0683. The normalized spacial score (nSPS) is 14.8. The molecule has 0 atom stereocenters. The van der Waals surface area contributed by atoms with Crippen LogP contribution in [-0.2, 0) is 0 Å². The molecule has 0 radical (unpaired) electrons. The molecule has 1 aliphatic rings. The zero-order chi connectivity index (χ0) is 8.77. The molecule has 0 bridgehead atoms. The largest absolute Gasteiger partial charge is 0.417 e. The van der Waals surface area contributed by atoms with Gasteiger partial charge in [0, 0.05) is 0 Å². The first-order valence-electron chi connectivity index (χ1n) is 3.47. The van der Waals surface area contributed by atoms with Crippen LogP contribution >= 0.6 is 0 Å². The van der Waals surface area contributed by atoms with Crippen molar-refractivity contribution in [2.75, 3.05) is 0 Å². The topological polar surface area (TPSA) is 0 Å². The summed E-state index contributed by atoms with van der Waals surface area (Å²) < 4.78 is 36.3. The molecular formula is C9H5F3. The average Bonchev–Trinajstić information content (AvgIpc) is 1.88. The zero-order valence-electron chi connectivity index (χ0n) is 6.02. The Morgan fingerprint density at radius 1 is 1.00 bits per heavy atom. The van der Waals surface area contributed by atoms with E-state index >= 15 is 0 Å². The molecular weight excluding hydrogens is 165 g/mol. The van der Waals surface area contributed by atoms with E-state index < -0.39 is 11.7 Å². The van der Waals surface area contributed by atoms with Crippen LogP contribution in [0.5, 0.6) is 0 Å². The molecule has 0 unspecified atom stereocenters. The first kappa shape index (κ1) is 7.40. The van der Waals surface area contributed by atoms with E-state index in [1.165, 1.54) is 6.07 Å². The van der Waals surface area contributed by atoms with Crippen molar-refractivity contribution in [1.29, 1.82) is 0 Å². The molecule has 0 aromatic heterocycles. The standard InChI is InChI=1S/C9H5F3/c10-9(11,12)8-5-6-3-1-2-4-7(6)8/h1-5H. The van der Waals surface area contributed by atoms with Gasteiger partial charge in [-0.1, -0.05) is 24.3 Å². The van der Waals surface area contributed by atoms with Crippen molar-refractivity contribution in [2.45, 2.75) is 6.18 Å². The maximum absolute atomic E-state index is 12.1. The molecule has 62 valence electrons. The molecule has 1 aliphatic carbocycles. The number of benzene rings is 1. The second-order valence-corrected chi connectivity index (χ2v) is 2.64. The van der Waals surface area contributed by atoms with Crippen molar-refractivity contribution in [3.63, 3.8) is 0 Å². The van der Waals surface area contributed by atoms with Gasteiger partial charge in [-0.2, -0.15) is 13.2 Å². The van der Waals surface area contributed by atoms with E-state index in [-0.39, 0.29) is 0 Å². The van der Waals surface area contributed by atoms with Crippen molar-refractivity contribution >= 4 is 11.6 Å². The van der Waals surface area contributed by atoms with Crippen molar-refractivity contribution in [3.8, 4) is 0 Å². The van der Waals surface area contributed by atoms with E-state index in [2.05, 4.69) is 0 Å². The van der Waals surface area contributed by atoms with E-state index in [0.717, 1.165) is 6.08 Å². The summed E-state index contributed by atoms with van der Waals surface area (Å²) in [6.45, 7) is 0. The summed E-state index contributed by atoms with van der Waals surface area (Å²) in [5.74, 6) is 0. The van der Waals surface area contributed by atoms with E-state index in [1.807, 2.05) is 0 Å². The molecule has 3 heteroatoms.